The first kappa shape index (κ1) is 15.7. The first-order valence-corrected chi connectivity index (χ1v) is 9.24. The van der Waals surface area contributed by atoms with Gasteiger partial charge >= 0.3 is 0 Å². The van der Waals surface area contributed by atoms with Crippen LogP contribution in [-0.2, 0) is 16.0 Å². The summed E-state index contributed by atoms with van der Waals surface area (Å²) in [6, 6.07) is 8.24. The second-order valence-corrected chi connectivity index (χ2v) is 7.91. The number of benzene rings is 1. The second-order valence-electron chi connectivity index (χ2n) is 7.91. The van der Waals surface area contributed by atoms with Crippen LogP contribution < -0.4 is 4.90 Å². The van der Waals surface area contributed by atoms with Crippen molar-refractivity contribution in [1.82, 2.24) is 4.90 Å². The number of fused-ring (bicyclic) bond motifs is 1. The van der Waals surface area contributed by atoms with Crippen molar-refractivity contribution in [3.63, 3.8) is 0 Å². The third-order valence-electron chi connectivity index (χ3n) is 6.07. The van der Waals surface area contributed by atoms with Gasteiger partial charge in [0, 0.05) is 24.8 Å². The molecule has 4 nitrogen and oxygen atoms in total. The summed E-state index contributed by atoms with van der Waals surface area (Å²) in [5, 5.41) is 0. The molecule has 1 aliphatic carbocycles. The van der Waals surface area contributed by atoms with Gasteiger partial charge in [-0.25, -0.2) is 0 Å². The fourth-order valence-corrected chi connectivity index (χ4v) is 4.26. The van der Waals surface area contributed by atoms with Gasteiger partial charge in [0.15, 0.2) is 0 Å². The Hall–Kier alpha value is -1.84. The number of carbonyl (C=O) groups is 2. The number of para-hydroxylation sites is 1. The molecule has 0 spiro atoms. The lowest BCUT2D eigenvalue weighted by atomic mass is 9.96. The maximum atomic E-state index is 13.3. The van der Waals surface area contributed by atoms with Crippen molar-refractivity contribution in [2.45, 2.75) is 52.0 Å². The minimum Gasteiger partial charge on any atom is -0.342 e. The van der Waals surface area contributed by atoms with Crippen LogP contribution in [0.1, 0.15) is 45.1 Å². The van der Waals surface area contributed by atoms with E-state index in [2.05, 4.69) is 19.9 Å². The normalized spacial score (nSPS) is 25.5. The number of hydrogen-bond donors (Lipinski definition) is 0. The number of nitrogens with zero attached hydrogens (tertiary/aromatic N) is 2. The molecule has 1 aromatic carbocycles. The molecule has 1 saturated heterocycles. The fourth-order valence-electron chi connectivity index (χ4n) is 4.26. The van der Waals surface area contributed by atoms with Gasteiger partial charge in [0.05, 0.1) is 0 Å². The van der Waals surface area contributed by atoms with E-state index >= 15 is 0 Å². The van der Waals surface area contributed by atoms with E-state index in [0.717, 1.165) is 38.0 Å². The first-order valence-electron chi connectivity index (χ1n) is 9.24. The van der Waals surface area contributed by atoms with Gasteiger partial charge in [0.1, 0.15) is 5.41 Å². The van der Waals surface area contributed by atoms with Crippen molar-refractivity contribution in [2.24, 2.45) is 11.3 Å². The molecule has 3 aliphatic rings. The molecule has 1 atom stereocenters. The molecule has 0 aromatic heterocycles. The fraction of sp³-hybridized carbons (Fsp3) is 0.600. The van der Waals surface area contributed by atoms with Gasteiger partial charge in [-0.05, 0) is 56.6 Å². The molecule has 0 N–H and O–H groups in total. The van der Waals surface area contributed by atoms with Crippen LogP contribution in [0, 0.1) is 11.3 Å². The highest BCUT2D eigenvalue weighted by Gasteiger charge is 2.60. The summed E-state index contributed by atoms with van der Waals surface area (Å²) in [5.74, 6) is 0.796. The first-order chi connectivity index (χ1) is 11.5. The maximum absolute atomic E-state index is 13.3. The number of anilines is 1. The molecule has 2 aliphatic heterocycles. The largest absolute Gasteiger partial charge is 0.342 e. The number of hydrogen-bond acceptors (Lipinski definition) is 2. The van der Waals surface area contributed by atoms with Crippen LogP contribution in [0.25, 0.3) is 0 Å². The number of likely N-dealkylation sites (tertiary alicyclic amines) is 1. The molecule has 4 heteroatoms. The average Bonchev–Trinajstić information content (AvgIpc) is 3.32. The lowest BCUT2D eigenvalue weighted by molar-refractivity contribution is -0.144. The van der Waals surface area contributed by atoms with E-state index in [4.69, 9.17) is 0 Å². The summed E-state index contributed by atoms with van der Waals surface area (Å²) in [6.45, 7) is 5.94. The van der Waals surface area contributed by atoms with Gasteiger partial charge in [-0.2, -0.15) is 0 Å². The van der Waals surface area contributed by atoms with Crippen LogP contribution >= 0.6 is 0 Å². The number of amides is 2. The average molecular weight is 326 g/mol. The highest BCUT2D eigenvalue weighted by atomic mass is 16.2. The molecular weight excluding hydrogens is 300 g/mol. The van der Waals surface area contributed by atoms with Gasteiger partial charge in [-0.3, -0.25) is 9.59 Å². The topological polar surface area (TPSA) is 40.6 Å². The minimum absolute atomic E-state index is 0.0311. The number of carbonyl (C=O) groups excluding carboxylic acids is 2. The van der Waals surface area contributed by atoms with E-state index in [9.17, 15) is 9.59 Å². The van der Waals surface area contributed by atoms with Crippen molar-refractivity contribution >= 4 is 17.5 Å². The molecule has 0 bridgehead atoms. The minimum atomic E-state index is -0.772. The van der Waals surface area contributed by atoms with Crippen molar-refractivity contribution in [3.8, 4) is 0 Å². The Morgan fingerprint density at radius 2 is 1.71 bits per heavy atom. The molecule has 1 saturated carbocycles. The zero-order valence-electron chi connectivity index (χ0n) is 14.6. The van der Waals surface area contributed by atoms with E-state index in [1.807, 2.05) is 28.0 Å². The van der Waals surface area contributed by atoms with E-state index in [-0.39, 0.29) is 17.9 Å². The highest BCUT2D eigenvalue weighted by Crippen LogP contribution is 2.51. The van der Waals surface area contributed by atoms with Crippen LogP contribution in [0.15, 0.2) is 24.3 Å². The SMILES string of the molecule is CC1CCN(C(=O)C2(C(=O)N3c4ccccc4CC3C)CC2)CC1. The Labute approximate surface area is 143 Å². The molecule has 1 aromatic rings. The Kier molecular flexibility index (Phi) is 3.66. The Bertz CT molecular complexity index is 672. The van der Waals surface area contributed by atoms with Gasteiger partial charge < -0.3 is 9.80 Å². The summed E-state index contributed by atoms with van der Waals surface area (Å²) in [4.78, 5) is 30.3. The summed E-state index contributed by atoms with van der Waals surface area (Å²) < 4.78 is 0. The van der Waals surface area contributed by atoms with Gasteiger partial charge in [0.2, 0.25) is 11.8 Å². The second kappa shape index (κ2) is 5.61. The van der Waals surface area contributed by atoms with Crippen LogP contribution in [0.2, 0.25) is 0 Å². The van der Waals surface area contributed by atoms with Crippen molar-refractivity contribution < 1.29 is 9.59 Å². The molecule has 4 rings (SSSR count). The predicted octanol–water partition coefficient (Wildman–Crippen LogP) is 3.00. The molecule has 1 unspecified atom stereocenters. The molecule has 128 valence electrons. The number of rotatable bonds is 2. The standard InChI is InChI=1S/C20H26N2O2/c1-14-7-11-21(12-8-14)18(23)20(9-10-20)19(24)22-15(2)13-16-5-3-4-6-17(16)22/h3-6,14-15H,7-13H2,1-2H3. The molecule has 2 amide bonds. The lowest BCUT2D eigenvalue weighted by Gasteiger charge is -2.34. The van der Waals surface area contributed by atoms with Gasteiger partial charge in [-0.1, -0.05) is 25.1 Å². The monoisotopic (exact) mass is 326 g/mol. The summed E-state index contributed by atoms with van der Waals surface area (Å²) in [6.07, 6.45) is 4.41. The molecule has 2 fully saturated rings. The van der Waals surface area contributed by atoms with Crippen LogP contribution in [0.4, 0.5) is 5.69 Å². The van der Waals surface area contributed by atoms with Crippen molar-refractivity contribution in [2.75, 3.05) is 18.0 Å². The molecule has 0 radical (unpaired) electrons. The smallest absolute Gasteiger partial charge is 0.242 e. The summed E-state index contributed by atoms with van der Waals surface area (Å²) in [5.41, 5.74) is 1.45. The third kappa shape index (κ3) is 2.35. The summed E-state index contributed by atoms with van der Waals surface area (Å²) >= 11 is 0. The van der Waals surface area contributed by atoms with Crippen LogP contribution in [-0.4, -0.2) is 35.8 Å². The zero-order valence-corrected chi connectivity index (χ0v) is 14.6. The molecule has 24 heavy (non-hydrogen) atoms. The summed E-state index contributed by atoms with van der Waals surface area (Å²) in [7, 11) is 0. The molecular formula is C20H26N2O2. The Morgan fingerprint density at radius 1 is 1.04 bits per heavy atom. The van der Waals surface area contributed by atoms with E-state index < -0.39 is 5.41 Å². The Balaban J connectivity index is 1.57. The highest BCUT2D eigenvalue weighted by molar-refractivity contribution is 6.15. The third-order valence-corrected chi connectivity index (χ3v) is 6.07. The zero-order chi connectivity index (χ0) is 16.9. The van der Waals surface area contributed by atoms with Crippen LogP contribution in [0.5, 0.6) is 0 Å². The van der Waals surface area contributed by atoms with Gasteiger partial charge in [0.25, 0.3) is 0 Å². The maximum Gasteiger partial charge on any atom is 0.242 e. The van der Waals surface area contributed by atoms with E-state index in [0.29, 0.717) is 18.8 Å². The predicted molar refractivity (Wildman–Crippen MR) is 93.7 cm³/mol. The lowest BCUT2D eigenvalue weighted by Crippen LogP contribution is -2.50. The van der Waals surface area contributed by atoms with Crippen LogP contribution in [0.3, 0.4) is 0 Å². The number of piperidine rings is 1. The van der Waals surface area contributed by atoms with Crippen molar-refractivity contribution in [1.29, 1.82) is 0 Å². The van der Waals surface area contributed by atoms with Gasteiger partial charge in [-0.15, -0.1) is 0 Å². The van der Waals surface area contributed by atoms with Crippen molar-refractivity contribution in [3.05, 3.63) is 29.8 Å². The van der Waals surface area contributed by atoms with E-state index in [1.165, 1.54) is 5.56 Å². The quantitative estimate of drug-likeness (QED) is 0.784. The molecule has 2 heterocycles. The van der Waals surface area contributed by atoms with E-state index in [1.54, 1.807) is 0 Å². The Morgan fingerprint density at radius 3 is 2.38 bits per heavy atom.